The van der Waals surface area contributed by atoms with Crippen molar-refractivity contribution in [3.63, 3.8) is 0 Å². The summed E-state index contributed by atoms with van der Waals surface area (Å²) in [5.74, 6) is 0.571. The van der Waals surface area contributed by atoms with Gasteiger partial charge in [-0.3, -0.25) is 0 Å². The van der Waals surface area contributed by atoms with Crippen molar-refractivity contribution >= 4 is 11.0 Å². The summed E-state index contributed by atoms with van der Waals surface area (Å²) in [4.78, 5) is 8.19. The van der Waals surface area contributed by atoms with Gasteiger partial charge in [0, 0.05) is 6.04 Å². The quantitative estimate of drug-likeness (QED) is 0.722. The average Bonchev–Trinajstić information content (AvgIpc) is 2.60. The SMILES string of the molecule is COc1ncnc2c1cnn2C(C)C. The van der Waals surface area contributed by atoms with Crippen LogP contribution in [0.3, 0.4) is 0 Å². The van der Waals surface area contributed by atoms with Crippen LogP contribution in [0.25, 0.3) is 11.0 Å². The van der Waals surface area contributed by atoms with Gasteiger partial charge in [0.1, 0.15) is 11.7 Å². The van der Waals surface area contributed by atoms with Crippen LogP contribution in [0.1, 0.15) is 19.9 Å². The first-order valence-corrected chi connectivity index (χ1v) is 4.46. The Labute approximate surface area is 81.7 Å². The third-order valence-corrected chi connectivity index (χ3v) is 2.04. The predicted molar refractivity (Wildman–Crippen MR) is 52.3 cm³/mol. The molecule has 2 heterocycles. The molecule has 0 radical (unpaired) electrons. The van der Waals surface area contributed by atoms with Gasteiger partial charge in [0.2, 0.25) is 5.88 Å². The fraction of sp³-hybridized carbons (Fsp3) is 0.444. The summed E-state index contributed by atoms with van der Waals surface area (Å²) in [6, 6.07) is 0.284. The third kappa shape index (κ3) is 1.21. The van der Waals surface area contributed by atoms with Gasteiger partial charge in [0.15, 0.2) is 5.65 Å². The Balaban J connectivity index is 2.69. The van der Waals surface area contributed by atoms with E-state index in [1.54, 1.807) is 13.3 Å². The molecule has 0 bridgehead atoms. The smallest absolute Gasteiger partial charge is 0.227 e. The van der Waals surface area contributed by atoms with Crippen LogP contribution in [-0.2, 0) is 0 Å². The van der Waals surface area contributed by atoms with Crippen molar-refractivity contribution in [3.05, 3.63) is 12.5 Å². The van der Waals surface area contributed by atoms with Crippen LogP contribution in [0.4, 0.5) is 0 Å². The van der Waals surface area contributed by atoms with Gasteiger partial charge in [0.05, 0.1) is 13.3 Å². The summed E-state index contributed by atoms with van der Waals surface area (Å²) >= 11 is 0. The first kappa shape index (κ1) is 8.93. The van der Waals surface area contributed by atoms with E-state index in [9.17, 15) is 0 Å². The van der Waals surface area contributed by atoms with Crippen LogP contribution < -0.4 is 4.74 Å². The van der Waals surface area contributed by atoms with E-state index in [1.165, 1.54) is 6.33 Å². The van der Waals surface area contributed by atoms with Crippen molar-refractivity contribution in [1.29, 1.82) is 0 Å². The number of hydrogen-bond donors (Lipinski definition) is 0. The second-order valence-corrected chi connectivity index (χ2v) is 3.30. The Hall–Kier alpha value is -1.65. The van der Waals surface area contributed by atoms with E-state index in [1.807, 2.05) is 4.68 Å². The predicted octanol–water partition coefficient (Wildman–Crippen LogP) is 1.42. The largest absolute Gasteiger partial charge is 0.480 e. The average molecular weight is 192 g/mol. The Morgan fingerprint density at radius 2 is 2.14 bits per heavy atom. The number of fused-ring (bicyclic) bond motifs is 1. The molecule has 0 aliphatic heterocycles. The van der Waals surface area contributed by atoms with E-state index in [0.29, 0.717) is 5.88 Å². The summed E-state index contributed by atoms with van der Waals surface area (Å²) in [6.07, 6.45) is 3.22. The molecule has 0 saturated carbocycles. The molecular weight excluding hydrogens is 180 g/mol. The maximum Gasteiger partial charge on any atom is 0.227 e. The lowest BCUT2D eigenvalue weighted by molar-refractivity contribution is 0.402. The van der Waals surface area contributed by atoms with Gasteiger partial charge in [-0.15, -0.1) is 0 Å². The lowest BCUT2D eigenvalue weighted by atomic mass is 10.4. The molecule has 0 aromatic carbocycles. The molecule has 0 aliphatic carbocycles. The normalized spacial score (nSPS) is 11.1. The second-order valence-electron chi connectivity index (χ2n) is 3.30. The lowest BCUT2D eigenvalue weighted by Gasteiger charge is -2.05. The minimum atomic E-state index is 0.284. The number of aromatic nitrogens is 4. The highest BCUT2D eigenvalue weighted by molar-refractivity contribution is 5.79. The maximum atomic E-state index is 5.12. The van der Waals surface area contributed by atoms with E-state index in [-0.39, 0.29) is 6.04 Å². The van der Waals surface area contributed by atoms with Gasteiger partial charge in [-0.1, -0.05) is 0 Å². The number of methoxy groups -OCH3 is 1. The molecule has 0 atom stereocenters. The zero-order valence-corrected chi connectivity index (χ0v) is 8.43. The molecule has 0 aliphatic rings. The summed E-state index contributed by atoms with van der Waals surface area (Å²) in [7, 11) is 1.59. The van der Waals surface area contributed by atoms with E-state index < -0.39 is 0 Å². The zero-order chi connectivity index (χ0) is 10.1. The minimum absolute atomic E-state index is 0.284. The second kappa shape index (κ2) is 3.25. The van der Waals surface area contributed by atoms with E-state index >= 15 is 0 Å². The highest BCUT2D eigenvalue weighted by atomic mass is 16.5. The van der Waals surface area contributed by atoms with Gasteiger partial charge in [0.25, 0.3) is 0 Å². The van der Waals surface area contributed by atoms with Gasteiger partial charge >= 0.3 is 0 Å². The standard InChI is InChI=1S/C9H12N4O/c1-6(2)13-8-7(4-12-13)9(14-3)11-5-10-8/h4-6H,1-3H3. The molecule has 2 rings (SSSR count). The lowest BCUT2D eigenvalue weighted by Crippen LogP contribution is -2.03. The summed E-state index contributed by atoms with van der Waals surface area (Å²) in [5.41, 5.74) is 0.812. The van der Waals surface area contributed by atoms with Gasteiger partial charge < -0.3 is 4.74 Å². The molecule has 0 unspecified atom stereocenters. The zero-order valence-electron chi connectivity index (χ0n) is 8.43. The Morgan fingerprint density at radius 3 is 2.79 bits per heavy atom. The highest BCUT2D eigenvalue weighted by Crippen LogP contribution is 2.21. The molecule has 5 nitrogen and oxygen atoms in total. The number of hydrogen-bond acceptors (Lipinski definition) is 4. The molecule has 0 saturated heterocycles. The topological polar surface area (TPSA) is 52.8 Å². The number of ether oxygens (including phenoxy) is 1. The van der Waals surface area contributed by atoms with E-state index in [4.69, 9.17) is 4.74 Å². The minimum Gasteiger partial charge on any atom is -0.480 e. The van der Waals surface area contributed by atoms with Crippen molar-refractivity contribution in [2.45, 2.75) is 19.9 Å². The molecule has 2 aromatic heterocycles. The van der Waals surface area contributed by atoms with E-state index in [0.717, 1.165) is 11.0 Å². The van der Waals surface area contributed by atoms with E-state index in [2.05, 4.69) is 28.9 Å². The van der Waals surface area contributed by atoms with Crippen molar-refractivity contribution in [3.8, 4) is 5.88 Å². The van der Waals surface area contributed by atoms with Gasteiger partial charge in [-0.25, -0.2) is 14.6 Å². The molecular formula is C9H12N4O. The highest BCUT2D eigenvalue weighted by Gasteiger charge is 2.11. The summed E-state index contributed by atoms with van der Waals surface area (Å²) < 4.78 is 6.96. The fourth-order valence-electron chi connectivity index (χ4n) is 1.38. The van der Waals surface area contributed by atoms with Crippen molar-refractivity contribution < 1.29 is 4.74 Å². The number of nitrogens with zero attached hydrogens (tertiary/aromatic N) is 4. The number of rotatable bonds is 2. The fourth-order valence-corrected chi connectivity index (χ4v) is 1.38. The first-order valence-electron chi connectivity index (χ1n) is 4.46. The third-order valence-electron chi connectivity index (χ3n) is 2.04. The Kier molecular flexibility index (Phi) is 2.07. The molecule has 5 heteroatoms. The first-order chi connectivity index (χ1) is 6.74. The molecule has 74 valence electrons. The Bertz CT molecular complexity index is 449. The molecule has 0 N–H and O–H groups in total. The summed E-state index contributed by atoms with van der Waals surface area (Å²) in [6.45, 7) is 4.11. The van der Waals surface area contributed by atoms with Crippen molar-refractivity contribution in [2.24, 2.45) is 0 Å². The molecule has 0 amide bonds. The van der Waals surface area contributed by atoms with Gasteiger partial charge in [-0.05, 0) is 13.8 Å². The van der Waals surface area contributed by atoms with Crippen molar-refractivity contribution in [2.75, 3.05) is 7.11 Å². The van der Waals surface area contributed by atoms with Gasteiger partial charge in [-0.2, -0.15) is 5.10 Å². The monoisotopic (exact) mass is 192 g/mol. The Morgan fingerprint density at radius 1 is 1.36 bits per heavy atom. The van der Waals surface area contributed by atoms with Crippen LogP contribution in [0.5, 0.6) is 5.88 Å². The van der Waals surface area contributed by atoms with Crippen LogP contribution in [0.15, 0.2) is 12.5 Å². The molecule has 2 aromatic rings. The summed E-state index contributed by atoms with van der Waals surface area (Å²) in [5, 5.41) is 5.09. The molecule has 14 heavy (non-hydrogen) atoms. The molecule has 0 spiro atoms. The maximum absolute atomic E-state index is 5.12. The molecule has 0 fully saturated rings. The van der Waals surface area contributed by atoms with Crippen LogP contribution in [-0.4, -0.2) is 26.9 Å². The van der Waals surface area contributed by atoms with Crippen LogP contribution in [0.2, 0.25) is 0 Å². The van der Waals surface area contributed by atoms with Crippen LogP contribution in [0, 0.1) is 0 Å². The van der Waals surface area contributed by atoms with Crippen LogP contribution >= 0.6 is 0 Å². The van der Waals surface area contributed by atoms with Crippen molar-refractivity contribution in [1.82, 2.24) is 19.7 Å².